The minimum atomic E-state index is -4.63. The van der Waals surface area contributed by atoms with E-state index in [1.54, 1.807) is 13.8 Å². The van der Waals surface area contributed by atoms with E-state index in [1.165, 1.54) is 24.5 Å². The minimum Gasteiger partial charge on any atom is -0.352 e. The zero-order chi connectivity index (χ0) is 26.7. The fraction of sp³-hybridized carbons (Fsp3) is 0.462. The molecule has 10 heteroatoms. The summed E-state index contributed by atoms with van der Waals surface area (Å²) in [6.45, 7) is 9.40. The molecule has 2 aromatic rings. The van der Waals surface area contributed by atoms with Crippen molar-refractivity contribution in [2.24, 2.45) is 11.3 Å². The van der Waals surface area contributed by atoms with Gasteiger partial charge in [0.1, 0.15) is 6.17 Å². The number of hydrogen-bond donors (Lipinski definition) is 3. The summed E-state index contributed by atoms with van der Waals surface area (Å²) in [7, 11) is 0. The zero-order valence-electron chi connectivity index (χ0n) is 20.9. The molecule has 2 unspecified atom stereocenters. The molecule has 3 rings (SSSR count). The number of benzene rings is 1. The van der Waals surface area contributed by atoms with E-state index in [-0.39, 0.29) is 35.8 Å². The van der Waals surface area contributed by atoms with Crippen LogP contribution >= 0.6 is 0 Å². The largest absolute Gasteiger partial charge is 0.416 e. The Bertz CT molecular complexity index is 1180. The van der Waals surface area contributed by atoms with Gasteiger partial charge in [-0.15, -0.1) is 0 Å². The second-order valence-electron chi connectivity index (χ2n) is 10.1. The van der Waals surface area contributed by atoms with Crippen molar-refractivity contribution < 1.29 is 22.8 Å². The van der Waals surface area contributed by atoms with Crippen molar-refractivity contribution >= 4 is 11.8 Å². The average Bonchev–Trinajstić information content (AvgIpc) is 2.79. The molecule has 3 N–H and O–H groups in total. The Hall–Kier alpha value is -3.45. The molecule has 0 spiro atoms. The fourth-order valence-corrected chi connectivity index (χ4v) is 3.53. The van der Waals surface area contributed by atoms with Gasteiger partial charge >= 0.3 is 6.18 Å². The third-order valence-corrected chi connectivity index (χ3v) is 5.41. The number of amides is 2. The molecule has 36 heavy (non-hydrogen) atoms. The summed E-state index contributed by atoms with van der Waals surface area (Å²) in [5.74, 6) is 5.36. The normalized spacial score (nSPS) is 18.3. The Morgan fingerprint density at radius 1 is 1.19 bits per heavy atom. The Morgan fingerprint density at radius 3 is 2.44 bits per heavy atom. The average molecular weight is 502 g/mol. The van der Waals surface area contributed by atoms with Crippen LogP contribution in [-0.2, 0) is 22.3 Å². The molecule has 1 aliphatic rings. The molecule has 192 valence electrons. The van der Waals surface area contributed by atoms with Gasteiger partial charge in [-0.3, -0.25) is 14.9 Å². The third-order valence-electron chi connectivity index (χ3n) is 5.41. The summed E-state index contributed by atoms with van der Waals surface area (Å²) >= 11 is 0. The number of nitrogens with zero attached hydrogens (tertiary/aromatic N) is 2. The SMILES string of the molecule is CC(C)C(=O)NCc1ccc(C(F)(F)F)c(C2NC(=O)CC(c3cnc(C#CC(C)(C)C)nc3)N2)c1. The summed E-state index contributed by atoms with van der Waals surface area (Å²) in [6.07, 6.45) is -2.68. The number of rotatable bonds is 5. The second-order valence-corrected chi connectivity index (χ2v) is 10.1. The molecule has 2 amide bonds. The lowest BCUT2D eigenvalue weighted by atomic mass is 9.96. The number of nitrogens with one attached hydrogen (secondary N) is 3. The number of carbonyl (C=O) groups is 2. The van der Waals surface area contributed by atoms with Gasteiger partial charge in [-0.2, -0.15) is 13.2 Å². The summed E-state index contributed by atoms with van der Waals surface area (Å²) in [6, 6.07) is 3.04. The Kier molecular flexibility index (Phi) is 8.04. The quantitative estimate of drug-likeness (QED) is 0.538. The highest BCUT2D eigenvalue weighted by atomic mass is 19.4. The van der Waals surface area contributed by atoms with E-state index >= 15 is 0 Å². The first-order chi connectivity index (χ1) is 16.7. The van der Waals surface area contributed by atoms with Crippen molar-refractivity contribution in [1.29, 1.82) is 0 Å². The highest BCUT2D eigenvalue weighted by molar-refractivity contribution is 5.78. The molecule has 1 aromatic heterocycles. The highest BCUT2D eigenvalue weighted by Gasteiger charge is 2.38. The van der Waals surface area contributed by atoms with Crippen LogP contribution in [0.2, 0.25) is 0 Å². The smallest absolute Gasteiger partial charge is 0.352 e. The van der Waals surface area contributed by atoms with Crippen molar-refractivity contribution in [1.82, 2.24) is 25.9 Å². The van der Waals surface area contributed by atoms with Crippen LogP contribution in [0.4, 0.5) is 13.2 Å². The molecule has 1 aromatic carbocycles. The third kappa shape index (κ3) is 7.28. The maximum atomic E-state index is 13.8. The van der Waals surface area contributed by atoms with Crippen LogP contribution in [0, 0.1) is 23.2 Å². The molecule has 0 bridgehead atoms. The second kappa shape index (κ2) is 10.7. The molecular weight excluding hydrogens is 471 g/mol. The van der Waals surface area contributed by atoms with Crippen LogP contribution in [0.5, 0.6) is 0 Å². The lowest BCUT2D eigenvalue weighted by Crippen LogP contribution is -2.47. The van der Waals surface area contributed by atoms with E-state index in [1.807, 2.05) is 20.8 Å². The monoisotopic (exact) mass is 501 g/mol. The minimum absolute atomic E-state index is 0.0123. The number of aromatic nitrogens is 2. The predicted molar refractivity (Wildman–Crippen MR) is 128 cm³/mol. The van der Waals surface area contributed by atoms with Crippen LogP contribution in [-0.4, -0.2) is 21.8 Å². The van der Waals surface area contributed by atoms with Gasteiger partial charge in [0.05, 0.1) is 5.56 Å². The van der Waals surface area contributed by atoms with Crippen LogP contribution in [0.15, 0.2) is 30.6 Å². The van der Waals surface area contributed by atoms with Gasteiger partial charge in [0, 0.05) is 53.9 Å². The van der Waals surface area contributed by atoms with Crippen molar-refractivity contribution in [3.63, 3.8) is 0 Å². The van der Waals surface area contributed by atoms with Gasteiger partial charge in [-0.05, 0) is 44.4 Å². The van der Waals surface area contributed by atoms with E-state index < -0.39 is 29.9 Å². The maximum absolute atomic E-state index is 13.8. The fourth-order valence-electron chi connectivity index (χ4n) is 3.53. The molecule has 0 saturated carbocycles. The van der Waals surface area contributed by atoms with Crippen LogP contribution in [0.1, 0.15) is 81.3 Å². The van der Waals surface area contributed by atoms with Crippen molar-refractivity contribution in [3.8, 4) is 11.8 Å². The van der Waals surface area contributed by atoms with Gasteiger partial charge in [0.25, 0.3) is 0 Å². The Balaban J connectivity index is 1.88. The van der Waals surface area contributed by atoms with Crippen LogP contribution < -0.4 is 16.0 Å². The van der Waals surface area contributed by atoms with Crippen molar-refractivity contribution in [3.05, 3.63) is 58.7 Å². The first kappa shape index (κ1) is 27.1. The van der Waals surface area contributed by atoms with E-state index in [2.05, 4.69) is 37.8 Å². The Morgan fingerprint density at radius 2 is 1.86 bits per heavy atom. The lowest BCUT2D eigenvalue weighted by molar-refractivity contribution is -0.139. The number of halogens is 3. The number of alkyl halides is 3. The topological polar surface area (TPSA) is 96.0 Å². The number of carbonyl (C=O) groups excluding carboxylic acids is 2. The lowest BCUT2D eigenvalue weighted by Gasteiger charge is -2.33. The molecule has 2 heterocycles. The van der Waals surface area contributed by atoms with Gasteiger partial charge in [0.2, 0.25) is 17.6 Å². The molecule has 0 radical (unpaired) electrons. The zero-order valence-corrected chi connectivity index (χ0v) is 20.9. The predicted octanol–water partition coefficient (Wildman–Crippen LogP) is 4.01. The van der Waals surface area contributed by atoms with Crippen LogP contribution in [0.3, 0.4) is 0 Å². The van der Waals surface area contributed by atoms with Crippen LogP contribution in [0.25, 0.3) is 0 Å². The van der Waals surface area contributed by atoms with Gasteiger partial charge in [-0.1, -0.05) is 25.8 Å². The first-order valence-electron chi connectivity index (χ1n) is 11.6. The summed E-state index contributed by atoms with van der Waals surface area (Å²) in [5, 5.41) is 8.38. The molecule has 1 saturated heterocycles. The summed E-state index contributed by atoms with van der Waals surface area (Å²) < 4.78 is 41.5. The molecule has 2 atom stereocenters. The molecule has 7 nitrogen and oxygen atoms in total. The highest BCUT2D eigenvalue weighted by Crippen LogP contribution is 2.36. The Labute approximate surface area is 208 Å². The molecule has 1 fully saturated rings. The first-order valence-corrected chi connectivity index (χ1v) is 11.6. The van der Waals surface area contributed by atoms with Crippen molar-refractivity contribution in [2.45, 2.75) is 66.0 Å². The van der Waals surface area contributed by atoms with Gasteiger partial charge in [-0.25, -0.2) is 9.97 Å². The summed E-state index contributed by atoms with van der Waals surface area (Å²) in [4.78, 5) is 32.9. The maximum Gasteiger partial charge on any atom is 0.416 e. The molecule has 0 aliphatic carbocycles. The standard InChI is InChI=1S/C26H30F3N5O2/c1-15(2)24(36)32-12-16-6-7-19(26(27,28)29)18(10-16)23-33-20(11-22(35)34-23)17-13-30-21(31-14-17)8-9-25(3,4)5/h6-7,10,13-15,20,23,33H,11-12H2,1-5H3,(H,32,36)(H,34,35). The van der Waals surface area contributed by atoms with E-state index in [9.17, 15) is 22.8 Å². The van der Waals surface area contributed by atoms with Gasteiger partial charge < -0.3 is 10.6 Å². The van der Waals surface area contributed by atoms with Gasteiger partial charge in [0.15, 0.2) is 0 Å². The number of hydrogen-bond acceptors (Lipinski definition) is 5. The van der Waals surface area contributed by atoms with E-state index in [4.69, 9.17) is 0 Å². The van der Waals surface area contributed by atoms with E-state index in [0.717, 1.165) is 6.07 Å². The molecule has 1 aliphatic heterocycles. The summed E-state index contributed by atoms with van der Waals surface area (Å²) in [5.41, 5.74) is -0.185. The van der Waals surface area contributed by atoms with Crippen molar-refractivity contribution in [2.75, 3.05) is 0 Å². The molecular formula is C26H30F3N5O2. The van der Waals surface area contributed by atoms with E-state index in [0.29, 0.717) is 17.0 Å².